The third kappa shape index (κ3) is 7.96. The molecule has 1 aromatic rings. The van der Waals surface area contributed by atoms with E-state index < -0.39 is 5.97 Å². The Morgan fingerprint density at radius 3 is 2.48 bits per heavy atom. The third-order valence-corrected chi connectivity index (χ3v) is 5.86. The fraction of sp³-hybridized carbons (Fsp3) is 0.560. The van der Waals surface area contributed by atoms with Gasteiger partial charge in [-0.15, -0.1) is 0 Å². The smallest absolute Gasteiger partial charge is 0.303 e. The lowest BCUT2D eigenvalue weighted by Gasteiger charge is -2.14. The number of carbonyl (C=O) groups is 3. The average Bonchev–Trinajstić information content (AvgIpc) is 3.07. The quantitative estimate of drug-likeness (QED) is 0.259. The maximum absolute atomic E-state index is 12.5. The van der Waals surface area contributed by atoms with Gasteiger partial charge in [0.2, 0.25) is 0 Å². The van der Waals surface area contributed by atoms with E-state index in [9.17, 15) is 14.4 Å². The fourth-order valence-electron chi connectivity index (χ4n) is 4.06. The van der Waals surface area contributed by atoms with Crippen molar-refractivity contribution >= 4 is 17.5 Å². The minimum Gasteiger partial charge on any atom is -0.481 e. The second kappa shape index (κ2) is 12.4. The highest BCUT2D eigenvalue weighted by molar-refractivity contribution is 6.04. The number of rotatable bonds is 13. The van der Waals surface area contributed by atoms with Crippen LogP contribution in [-0.2, 0) is 16.0 Å². The largest absolute Gasteiger partial charge is 0.481 e. The lowest BCUT2D eigenvalue weighted by molar-refractivity contribution is -0.137. The minimum absolute atomic E-state index is 0.00110. The van der Waals surface area contributed by atoms with Gasteiger partial charge < -0.3 is 5.11 Å². The summed E-state index contributed by atoms with van der Waals surface area (Å²) in [5, 5.41) is 8.67. The van der Waals surface area contributed by atoms with Crippen LogP contribution in [-0.4, -0.2) is 22.6 Å². The van der Waals surface area contributed by atoms with E-state index >= 15 is 0 Å². The topological polar surface area (TPSA) is 71.4 Å². The third-order valence-electron chi connectivity index (χ3n) is 5.86. The first-order valence-electron chi connectivity index (χ1n) is 11.1. The van der Waals surface area contributed by atoms with E-state index in [2.05, 4.69) is 6.92 Å². The Morgan fingerprint density at radius 2 is 1.79 bits per heavy atom. The molecule has 0 radical (unpaired) electrons. The molecule has 0 aromatic heterocycles. The number of carboxylic acids is 1. The standard InChI is InChI=1S/C25H34O4/c1-2-3-8-19-11-13-21(14-12-19)23(26)17-15-20-16-18-24(27)22(20)9-6-4-5-7-10-25(28)29/h11-15,17,20,22H,2-10,16,18H2,1H3,(H,28,29)/b17-15+. The van der Waals surface area contributed by atoms with E-state index in [0.29, 0.717) is 24.2 Å². The lowest BCUT2D eigenvalue weighted by Crippen LogP contribution is -2.13. The van der Waals surface area contributed by atoms with E-state index in [1.54, 1.807) is 6.08 Å². The van der Waals surface area contributed by atoms with Crippen LogP contribution in [0.5, 0.6) is 0 Å². The van der Waals surface area contributed by atoms with Crippen molar-refractivity contribution in [3.05, 3.63) is 47.5 Å². The van der Waals surface area contributed by atoms with E-state index in [-0.39, 0.29) is 24.0 Å². The van der Waals surface area contributed by atoms with Gasteiger partial charge in [-0.3, -0.25) is 14.4 Å². The van der Waals surface area contributed by atoms with E-state index in [1.807, 2.05) is 30.3 Å². The zero-order valence-electron chi connectivity index (χ0n) is 17.6. The molecule has 0 saturated heterocycles. The van der Waals surface area contributed by atoms with Gasteiger partial charge in [0.15, 0.2) is 5.78 Å². The number of allylic oxidation sites excluding steroid dienone is 2. The Kier molecular flexibility index (Phi) is 9.82. The predicted molar refractivity (Wildman–Crippen MR) is 115 cm³/mol. The minimum atomic E-state index is -0.749. The van der Waals surface area contributed by atoms with Crippen LogP contribution in [0.25, 0.3) is 0 Å². The number of Topliss-reactive ketones (excluding diaryl/α,β-unsaturated/α-hetero) is 1. The average molecular weight is 399 g/mol. The molecule has 0 spiro atoms. The Balaban J connectivity index is 1.81. The molecule has 4 nitrogen and oxygen atoms in total. The molecule has 2 unspecified atom stereocenters. The zero-order chi connectivity index (χ0) is 21.1. The number of unbranched alkanes of at least 4 members (excludes halogenated alkanes) is 4. The van der Waals surface area contributed by atoms with Crippen molar-refractivity contribution in [1.82, 2.24) is 0 Å². The molecule has 1 aromatic carbocycles. The molecule has 1 aliphatic carbocycles. The highest BCUT2D eigenvalue weighted by Crippen LogP contribution is 2.34. The van der Waals surface area contributed by atoms with Crippen LogP contribution in [0.2, 0.25) is 0 Å². The molecular formula is C25H34O4. The normalized spacial score (nSPS) is 19.1. The first-order chi connectivity index (χ1) is 14.0. The van der Waals surface area contributed by atoms with Crippen LogP contribution < -0.4 is 0 Å². The SMILES string of the molecule is CCCCc1ccc(C(=O)/C=C/C2CCC(=O)C2CCCCCCC(=O)O)cc1. The number of hydrogen-bond donors (Lipinski definition) is 1. The number of hydrogen-bond acceptors (Lipinski definition) is 3. The first-order valence-corrected chi connectivity index (χ1v) is 11.1. The number of carboxylic acid groups (broad SMARTS) is 1. The highest BCUT2D eigenvalue weighted by atomic mass is 16.4. The summed E-state index contributed by atoms with van der Waals surface area (Å²) in [5.41, 5.74) is 1.96. The van der Waals surface area contributed by atoms with Gasteiger partial charge >= 0.3 is 5.97 Å². The highest BCUT2D eigenvalue weighted by Gasteiger charge is 2.32. The van der Waals surface area contributed by atoms with Crippen LogP contribution >= 0.6 is 0 Å². The molecule has 0 aliphatic heterocycles. The van der Waals surface area contributed by atoms with Crippen molar-refractivity contribution in [2.24, 2.45) is 11.8 Å². The molecule has 1 aliphatic rings. The van der Waals surface area contributed by atoms with Crippen molar-refractivity contribution in [2.45, 2.75) is 77.6 Å². The molecule has 158 valence electrons. The Morgan fingerprint density at radius 1 is 1.07 bits per heavy atom. The number of aryl methyl sites for hydroxylation is 1. The molecule has 4 heteroatoms. The van der Waals surface area contributed by atoms with E-state index in [4.69, 9.17) is 5.11 Å². The summed E-state index contributed by atoms with van der Waals surface area (Å²) < 4.78 is 0. The van der Waals surface area contributed by atoms with Crippen molar-refractivity contribution in [3.8, 4) is 0 Å². The van der Waals surface area contributed by atoms with Crippen LogP contribution in [0.15, 0.2) is 36.4 Å². The number of benzene rings is 1. The maximum Gasteiger partial charge on any atom is 0.303 e. The van der Waals surface area contributed by atoms with Gasteiger partial charge in [-0.1, -0.05) is 62.9 Å². The maximum atomic E-state index is 12.5. The van der Waals surface area contributed by atoms with Gasteiger partial charge in [0.05, 0.1) is 0 Å². The fourth-order valence-corrected chi connectivity index (χ4v) is 4.06. The molecule has 0 bridgehead atoms. The number of aliphatic carboxylic acids is 1. The van der Waals surface area contributed by atoms with Crippen LogP contribution in [0.4, 0.5) is 0 Å². The molecule has 2 rings (SSSR count). The molecule has 0 amide bonds. The molecule has 2 atom stereocenters. The Labute approximate surface area is 174 Å². The van der Waals surface area contributed by atoms with Gasteiger partial charge in [-0.05, 0) is 49.7 Å². The second-order valence-corrected chi connectivity index (χ2v) is 8.15. The van der Waals surface area contributed by atoms with E-state index in [1.165, 1.54) is 5.56 Å². The molecular weight excluding hydrogens is 364 g/mol. The molecule has 29 heavy (non-hydrogen) atoms. The number of ketones is 2. The lowest BCUT2D eigenvalue weighted by atomic mass is 9.89. The summed E-state index contributed by atoms with van der Waals surface area (Å²) in [6.45, 7) is 2.17. The summed E-state index contributed by atoms with van der Waals surface area (Å²) in [6, 6.07) is 7.85. The summed E-state index contributed by atoms with van der Waals surface area (Å²) in [4.78, 5) is 35.3. The summed E-state index contributed by atoms with van der Waals surface area (Å²) >= 11 is 0. The van der Waals surface area contributed by atoms with Gasteiger partial charge in [-0.25, -0.2) is 0 Å². The summed E-state index contributed by atoms with van der Waals surface area (Å²) in [7, 11) is 0. The summed E-state index contributed by atoms with van der Waals surface area (Å²) in [5.74, 6) is -0.289. The van der Waals surface area contributed by atoms with Crippen molar-refractivity contribution in [2.75, 3.05) is 0 Å². The predicted octanol–water partition coefficient (Wildman–Crippen LogP) is 5.79. The molecule has 0 heterocycles. The van der Waals surface area contributed by atoms with Crippen LogP contribution in [0.3, 0.4) is 0 Å². The van der Waals surface area contributed by atoms with Crippen molar-refractivity contribution < 1.29 is 19.5 Å². The second-order valence-electron chi connectivity index (χ2n) is 8.15. The van der Waals surface area contributed by atoms with Crippen molar-refractivity contribution in [3.63, 3.8) is 0 Å². The Bertz CT molecular complexity index is 702. The number of carbonyl (C=O) groups excluding carboxylic acids is 2. The Hall–Kier alpha value is -2.23. The molecule has 1 fully saturated rings. The van der Waals surface area contributed by atoms with E-state index in [0.717, 1.165) is 51.4 Å². The van der Waals surface area contributed by atoms with Gasteiger partial charge in [0.1, 0.15) is 5.78 Å². The summed E-state index contributed by atoms with van der Waals surface area (Å²) in [6.07, 6.45) is 12.9. The van der Waals surface area contributed by atoms with Gasteiger partial charge in [0.25, 0.3) is 0 Å². The molecule has 1 N–H and O–H groups in total. The monoisotopic (exact) mass is 398 g/mol. The van der Waals surface area contributed by atoms with Crippen LogP contribution in [0.1, 0.15) is 87.1 Å². The van der Waals surface area contributed by atoms with Gasteiger partial charge in [0, 0.05) is 24.3 Å². The van der Waals surface area contributed by atoms with Crippen LogP contribution in [0, 0.1) is 11.8 Å². The molecule has 1 saturated carbocycles. The zero-order valence-corrected chi connectivity index (χ0v) is 17.6. The first kappa shape index (κ1) is 23.1. The van der Waals surface area contributed by atoms with Crippen molar-refractivity contribution in [1.29, 1.82) is 0 Å². The van der Waals surface area contributed by atoms with Gasteiger partial charge in [-0.2, -0.15) is 0 Å².